The molecular formula is C21H22N6S. The van der Waals surface area contributed by atoms with E-state index in [2.05, 4.69) is 66.3 Å². The first kappa shape index (κ1) is 17.3. The van der Waals surface area contributed by atoms with E-state index in [1.807, 2.05) is 6.07 Å². The highest BCUT2D eigenvalue weighted by Gasteiger charge is 2.19. The van der Waals surface area contributed by atoms with Crippen molar-refractivity contribution in [1.82, 2.24) is 24.7 Å². The van der Waals surface area contributed by atoms with Crippen molar-refractivity contribution in [3.05, 3.63) is 53.7 Å². The van der Waals surface area contributed by atoms with E-state index < -0.39 is 0 Å². The Morgan fingerprint density at radius 3 is 2.86 bits per heavy atom. The van der Waals surface area contributed by atoms with Crippen molar-refractivity contribution in [3.63, 3.8) is 0 Å². The molecule has 0 saturated carbocycles. The van der Waals surface area contributed by atoms with Crippen molar-refractivity contribution in [1.29, 1.82) is 0 Å². The van der Waals surface area contributed by atoms with Crippen LogP contribution in [0.15, 0.2) is 42.0 Å². The lowest BCUT2D eigenvalue weighted by Crippen LogP contribution is -2.21. The number of hydrogen-bond donors (Lipinski definition) is 0. The van der Waals surface area contributed by atoms with Crippen LogP contribution in [-0.2, 0) is 19.5 Å². The zero-order chi connectivity index (χ0) is 18.9. The molecule has 1 aromatic carbocycles. The Morgan fingerprint density at radius 2 is 1.96 bits per heavy atom. The van der Waals surface area contributed by atoms with E-state index in [1.54, 1.807) is 17.7 Å². The minimum Gasteiger partial charge on any atom is -0.351 e. The molecule has 4 heterocycles. The molecule has 142 valence electrons. The van der Waals surface area contributed by atoms with E-state index >= 15 is 0 Å². The van der Waals surface area contributed by atoms with Gasteiger partial charge in [-0.1, -0.05) is 36.8 Å². The Bertz CT molecular complexity index is 1100. The second kappa shape index (κ2) is 7.31. The molecule has 0 amide bonds. The van der Waals surface area contributed by atoms with Gasteiger partial charge in [-0.25, -0.2) is 9.97 Å². The van der Waals surface area contributed by atoms with Crippen molar-refractivity contribution in [2.75, 3.05) is 11.9 Å². The van der Waals surface area contributed by atoms with Gasteiger partial charge in [-0.05, 0) is 18.4 Å². The van der Waals surface area contributed by atoms with Crippen LogP contribution in [0.1, 0.15) is 30.9 Å². The Balaban J connectivity index is 1.53. The van der Waals surface area contributed by atoms with Gasteiger partial charge in [-0.15, -0.1) is 21.5 Å². The summed E-state index contributed by atoms with van der Waals surface area (Å²) in [5.41, 5.74) is 2.37. The van der Waals surface area contributed by atoms with Gasteiger partial charge in [0.2, 0.25) is 0 Å². The smallest absolute Gasteiger partial charge is 0.152 e. The topological polar surface area (TPSA) is 59.7 Å². The molecule has 0 fully saturated rings. The molecule has 0 N–H and O–H groups in total. The van der Waals surface area contributed by atoms with E-state index in [0.717, 1.165) is 40.6 Å². The number of aryl methyl sites for hydroxylation is 1. The minimum atomic E-state index is 0.684. The van der Waals surface area contributed by atoms with E-state index in [9.17, 15) is 0 Å². The average Bonchev–Trinajstić information content (AvgIpc) is 3.25. The molecule has 0 atom stereocenters. The summed E-state index contributed by atoms with van der Waals surface area (Å²) >= 11 is 1.66. The summed E-state index contributed by atoms with van der Waals surface area (Å²) in [4.78, 5) is 12.3. The highest BCUT2D eigenvalue weighted by molar-refractivity contribution is 7.17. The van der Waals surface area contributed by atoms with Crippen LogP contribution < -0.4 is 4.90 Å². The standard InChI is InChI=1S/C21H22N6S/c1-26(12-18-25-24-17-10-6-3-7-11-27(17)18)20-19-16(15-8-4-2-5-9-15)13-28-21(19)23-14-22-20/h2,4-5,8-9,13-14H,3,6-7,10-12H2,1H3. The van der Waals surface area contributed by atoms with Gasteiger partial charge < -0.3 is 9.47 Å². The first-order valence-electron chi connectivity index (χ1n) is 9.71. The Kier molecular flexibility index (Phi) is 4.52. The van der Waals surface area contributed by atoms with Gasteiger partial charge >= 0.3 is 0 Å². The first-order chi connectivity index (χ1) is 13.8. The van der Waals surface area contributed by atoms with Gasteiger partial charge in [0.15, 0.2) is 5.82 Å². The molecule has 0 radical (unpaired) electrons. The van der Waals surface area contributed by atoms with Gasteiger partial charge in [0.1, 0.15) is 22.8 Å². The molecule has 0 spiro atoms. The molecule has 1 aliphatic rings. The Labute approximate surface area is 167 Å². The summed E-state index contributed by atoms with van der Waals surface area (Å²) in [5.74, 6) is 3.08. The van der Waals surface area contributed by atoms with Gasteiger partial charge in [-0.2, -0.15) is 0 Å². The quantitative estimate of drug-likeness (QED) is 0.520. The number of hydrogen-bond acceptors (Lipinski definition) is 6. The normalized spacial score (nSPS) is 14.0. The van der Waals surface area contributed by atoms with E-state index in [-0.39, 0.29) is 0 Å². The summed E-state index contributed by atoms with van der Waals surface area (Å²) < 4.78 is 2.30. The predicted octanol–water partition coefficient (Wildman–Crippen LogP) is 4.31. The summed E-state index contributed by atoms with van der Waals surface area (Å²) in [7, 11) is 2.08. The Morgan fingerprint density at radius 1 is 1.07 bits per heavy atom. The number of fused-ring (bicyclic) bond motifs is 2. The van der Waals surface area contributed by atoms with Crippen molar-refractivity contribution in [2.45, 2.75) is 38.8 Å². The second-order valence-electron chi connectivity index (χ2n) is 7.24. The van der Waals surface area contributed by atoms with Crippen molar-refractivity contribution in [3.8, 4) is 11.1 Å². The number of thiophene rings is 1. The lowest BCUT2D eigenvalue weighted by atomic mass is 10.1. The van der Waals surface area contributed by atoms with Gasteiger partial charge in [0.05, 0.1) is 11.9 Å². The van der Waals surface area contributed by atoms with Crippen LogP contribution in [0.2, 0.25) is 0 Å². The van der Waals surface area contributed by atoms with E-state index in [4.69, 9.17) is 0 Å². The summed E-state index contributed by atoms with van der Waals surface area (Å²) in [6.45, 7) is 1.70. The number of aromatic nitrogens is 5. The molecule has 6 nitrogen and oxygen atoms in total. The number of rotatable bonds is 4. The van der Waals surface area contributed by atoms with Crippen LogP contribution in [0.4, 0.5) is 5.82 Å². The fourth-order valence-corrected chi connectivity index (χ4v) is 4.84. The molecule has 3 aromatic heterocycles. The molecule has 1 aliphatic heterocycles. The summed E-state index contributed by atoms with van der Waals surface area (Å²) in [6, 6.07) is 10.4. The highest BCUT2D eigenvalue weighted by atomic mass is 32.1. The molecule has 28 heavy (non-hydrogen) atoms. The monoisotopic (exact) mass is 390 g/mol. The van der Waals surface area contributed by atoms with Crippen LogP contribution in [0, 0.1) is 0 Å². The van der Waals surface area contributed by atoms with Crippen LogP contribution in [-0.4, -0.2) is 31.8 Å². The van der Waals surface area contributed by atoms with Crippen LogP contribution in [0.25, 0.3) is 21.3 Å². The molecule has 0 saturated heterocycles. The second-order valence-corrected chi connectivity index (χ2v) is 8.10. The van der Waals surface area contributed by atoms with Crippen LogP contribution in [0.5, 0.6) is 0 Å². The van der Waals surface area contributed by atoms with Gasteiger partial charge in [-0.3, -0.25) is 0 Å². The van der Waals surface area contributed by atoms with Crippen molar-refractivity contribution >= 4 is 27.4 Å². The maximum Gasteiger partial charge on any atom is 0.152 e. The highest BCUT2D eigenvalue weighted by Crippen LogP contribution is 2.37. The lowest BCUT2D eigenvalue weighted by molar-refractivity contribution is 0.601. The summed E-state index contributed by atoms with van der Waals surface area (Å²) in [6.07, 6.45) is 6.35. The molecule has 4 aromatic rings. The SMILES string of the molecule is CN(Cc1nnc2n1CCCCC2)c1ncnc2scc(-c3ccccc3)c12. The zero-order valence-corrected chi connectivity index (χ0v) is 16.7. The zero-order valence-electron chi connectivity index (χ0n) is 15.9. The summed E-state index contributed by atoms with van der Waals surface area (Å²) in [5, 5.41) is 12.2. The number of anilines is 1. The molecule has 0 bridgehead atoms. The largest absolute Gasteiger partial charge is 0.351 e. The van der Waals surface area contributed by atoms with Crippen LogP contribution in [0.3, 0.4) is 0 Å². The van der Waals surface area contributed by atoms with Crippen molar-refractivity contribution < 1.29 is 0 Å². The maximum atomic E-state index is 4.64. The van der Waals surface area contributed by atoms with Crippen LogP contribution >= 0.6 is 11.3 Å². The maximum absolute atomic E-state index is 4.64. The van der Waals surface area contributed by atoms with Gasteiger partial charge in [0, 0.05) is 31.0 Å². The first-order valence-corrected chi connectivity index (χ1v) is 10.6. The minimum absolute atomic E-state index is 0.684. The lowest BCUT2D eigenvalue weighted by Gasteiger charge is -2.19. The average molecular weight is 391 g/mol. The molecular weight excluding hydrogens is 368 g/mol. The fourth-order valence-electron chi connectivity index (χ4n) is 3.93. The van der Waals surface area contributed by atoms with Crippen molar-refractivity contribution in [2.24, 2.45) is 0 Å². The third-order valence-corrected chi connectivity index (χ3v) is 6.25. The molecule has 0 unspecified atom stereocenters. The molecule has 5 rings (SSSR count). The predicted molar refractivity (Wildman–Crippen MR) is 113 cm³/mol. The third-order valence-electron chi connectivity index (χ3n) is 5.36. The number of nitrogens with zero attached hydrogens (tertiary/aromatic N) is 6. The third kappa shape index (κ3) is 3.05. The van der Waals surface area contributed by atoms with E-state index in [1.165, 1.54) is 30.4 Å². The number of benzene rings is 1. The molecule has 7 heteroatoms. The van der Waals surface area contributed by atoms with E-state index in [0.29, 0.717) is 6.54 Å². The molecule has 0 aliphatic carbocycles. The fraction of sp³-hybridized carbons (Fsp3) is 0.333. The van der Waals surface area contributed by atoms with Gasteiger partial charge in [0.25, 0.3) is 0 Å². The Hall–Kier alpha value is -2.80.